The molecule has 0 aliphatic heterocycles. The summed E-state index contributed by atoms with van der Waals surface area (Å²) in [5.41, 5.74) is 3.06. The maximum absolute atomic E-state index is 10.9. The van der Waals surface area contributed by atoms with Gasteiger partial charge in [-0.3, -0.25) is 10.1 Å². The van der Waals surface area contributed by atoms with Gasteiger partial charge in [-0.25, -0.2) is 9.97 Å². The molecule has 2 heterocycles. The summed E-state index contributed by atoms with van der Waals surface area (Å²) in [6.07, 6.45) is 1.42. The molecule has 0 bridgehead atoms. The molecule has 8 heteroatoms. The van der Waals surface area contributed by atoms with Gasteiger partial charge in [-0.05, 0) is 18.6 Å². The molecule has 0 aliphatic rings. The van der Waals surface area contributed by atoms with Gasteiger partial charge in [0.2, 0.25) is 5.88 Å². The van der Waals surface area contributed by atoms with Crippen molar-refractivity contribution in [3.8, 4) is 22.8 Å². The number of hydrogen-bond acceptors (Lipinski definition) is 6. The summed E-state index contributed by atoms with van der Waals surface area (Å²) < 4.78 is 5.90. The van der Waals surface area contributed by atoms with Crippen LogP contribution in [0.15, 0.2) is 54.2 Å². The summed E-state index contributed by atoms with van der Waals surface area (Å²) >= 11 is 7.65. The standard InChI is InChI=1S/C19H12ClN3O3S/c1-11-2-4-12(5-3-11)14-9-27-19-17(14)18(21-10-22-19)26-16-7-6-13(23(24)25)8-15(16)20/h2-10H,1H3. The summed E-state index contributed by atoms with van der Waals surface area (Å²) in [4.78, 5) is 19.7. The number of nitro groups is 1. The fourth-order valence-electron chi connectivity index (χ4n) is 2.66. The predicted octanol–water partition coefficient (Wildman–Crippen LogP) is 6.02. The van der Waals surface area contributed by atoms with Gasteiger partial charge in [-0.15, -0.1) is 11.3 Å². The van der Waals surface area contributed by atoms with E-state index in [0.717, 1.165) is 21.3 Å². The van der Waals surface area contributed by atoms with E-state index < -0.39 is 4.92 Å². The van der Waals surface area contributed by atoms with E-state index in [9.17, 15) is 10.1 Å². The molecule has 27 heavy (non-hydrogen) atoms. The number of hydrogen-bond donors (Lipinski definition) is 0. The fourth-order valence-corrected chi connectivity index (χ4v) is 3.78. The molecule has 0 spiro atoms. The molecule has 134 valence electrons. The van der Waals surface area contributed by atoms with Gasteiger partial charge in [0.1, 0.15) is 16.9 Å². The van der Waals surface area contributed by atoms with Crippen LogP contribution in [0.2, 0.25) is 5.02 Å². The molecule has 2 aromatic carbocycles. The highest BCUT2D eigenvalue weighted by atomic mass is 35.5. The average molecular weight is 398 g/mol. The molecule has 0 saturated carbocycles. The van der Waals surface area contributed by atoms with Crippen molar-refractivity contribution >= 4 is 38.8 Å². The Bertz CT molecular complexity index is 1160. The zero-order valence-electron chi connectivity index (χ0n) is 14.0. The topological polar surface area (TPSA) is 78.2 Å². The second-order valence-electron chi connectivity index (χ2n) is 5.85. The van der Waals surface area contributed by atoms with Crippen molar-refractivity contribution in [2.75, 3.05) is 0 Å². The lowest BCUT2D eigenvalue weighted by molar-refractivity contribution is -0.384. The van der Waals surface area contributed by atoms with Crippen LogP contribution in [0, 0.1) is 17.0 Å². The number of ether oxygens (including phenoxy) is 1. The number of non-ortho nitro benzene ring substituents is 1. The number of rotatable bonds is 4. The number of fused-ring (bicyclic) bond motifs is 1. The molecular formula is C19H12ClN3O3S. The van der Waals surface area contributed by atoms with Gasteiger partial charge in [-0.2, -0.15) is 0 Å². The maximum atomic E-state index is 10.9. The quantitative estimate of drug-likeness (QED) is 0.310. The molecule has 0 atom stereocenters. The molecule has 0 amide bonds. The Morgan fingerprint density at radius 1 is 1.15 bits per heavy atom. The molecule has 0 saturated heterocycles. The highest BCUT2D eigenvalue weighted by molar-refractivity contribution is 7.17. The SMILES string of the molecule is Cc1ccc(-c2csc3ncnc(Oc4ccc([N+](=O)[O-])cc4Cl)c23)cc1. The molecule has 4 rings (SSSR count). The van der Waals surface area contributed by atoms with Crippen LogP contribution in [0.4, 0.5) is 5.69 Å². The van der Waals surface area contributed by atoms with Crippen molar-refractivity contribution in [3.05, 3.63) is 74.9 Å². The average Bonchev–Trinajstić information content (AvgIpc) is 3.09. The minimum Gasteiger partial charge on any atom is -0.437 e. The minimum absolute atomic E-state index is 0.101. The van der Waals surface area contributed by atoms with E-state index in [2.05, 4.69) is 9.97 Å². The Morgan fingerprint density at radius 2 is 1.93 bits per heavy atom. The summed E-state index contributed by atoms with van der Waals surface area (Å²) in [6, 6.07) is 12.2. The van der Waals surface area contributed by atoms with Crippen molar-refractivity contribution in [2.45, 2.75) is 6.92 Å². The summed E-state index contributed by atoms with van der Waals surface area (Å²) in [7, 11) is 0. The highest BCUT2D eigenvalue weighted by Gasteiger charge is 2.17. The Labute approximate surface area is 163 Å². The number of benzene rings is 2. The van der Waals surface area contributed by atoms with E-state index in [4.69, 9.17) is 16.3 Å². The number of nitrogens with zero attached hydrogens (tertiary/aromatic N) is 3. The Hall–Kier alpha value is -3.03. The molecule has 0 N–H and O–H groups in total. The number of thiophene rings is 1. The monoisotopic (exact) mass is 397 g/mol. The molecule has 4 aromatic rings. The van der Waals surface area contributed by atoms with Crippen LogP contribution in [0.3, 0.4) is 0 Å². The first-order valence-corrected chi connectivity index (χ1v) is 9.20. The molecule has 2 aromatic heterocycles. The zero-order valence-corrected chi connectivity index (χ0v) is 15.6. The third-order valence-corrected chi connectivity index (χ3v) is 5.21. The minimum atomic E-state index is -0.507. The first-order valence-electron chi connectivity index (χ1n) is 7.94. The van der Waals surface area contributed by atoms with Crippen LogP contribution in [-0.2, 0) is 0 Å². The lowest BCUT2D eigenvalue weighted by Gasteiger charge is -2.09. The van der Waals surface area contributed by atoms with Crippen molar-refractivity contribution in [2.24, 2.45) is 0 Å². The molecular weight excluding hydrogens is 386 g/mol. The second-order valence-corrected chi connectivity index (χ2v) is 7.11. The van der Waals surface area contributed by atoms with E-state index in [1.807, 2.05) is 36.6 Å². The van der Waals surface area contributed by atoms with E-state index in [0.29, 0.717) is 11.6 Å². The Kier molecular flexibility index (Phi) is 4.47. The van der Waals surface area contributed by atoms with Crippen LogP contribution in [0.5, 0.6) is 11.6 Å². The highest BCUT2D eigenvalue weighted by Crippen LogP contribution is 2.40. The zero-order chi connectivity index (χ0) is 19.0. The lowest BCUT2D eigenvalue weighted by Crippen LogP contribution is -1.93. The molecule has 6 nitrogen and oxygen atoms in total. The molecule has 0 unspecified atom stereocenters. The van der Waals surface area contributed by atoms with Gasteiger partial charge in [0, 0.05) is 23.1 Å². The molecule has 0 fully saturated rings. The number of aryl methyl sites for hydroxylation is 1. The van der Waals surface area contributed by atoms with Gasteiger partial charge in [-0.1, -0.05) is 41.4 Å². The van der Waals surface area contributed by atoms with Gasteiger partial charge in [0.05, 0.1) is 15.3 Å². The predicted molar refractivity (Wildman–Crippen MR) is 106 cm³/mol. The van der Waals surface area contributed by atoms with Crippen molar-refractivity contribution < 1.29 is 9.66 Å². The van der Waals surface area contributed by atoms with E-state index >= 15 is 0 Å². The fraction of sp³-hybridized carbons (Fsp3) is 0.0526. The largest absolute Gasteiger partial charge is 0.437 e. The summed E-state index contributed by atoms with van der Waals surface area (Å²) in [5, 5.41) is 13.8. The van der Waals surface area contributed by atoms with E-state index in [1.165, 1.54) is 41.4 Å². The number of aromatic nitrogens is 2. The first-order chi connectivity index (χ1) is 13.0. The van der Waals surface area contributed by atoms with Crippen LogP contribution < -0.4 is 4.74 Å². The summed E-state index contributed by atoms with van der Waals surface area (Å²) in [5.74, 6) is 0.649. The van der Waals surface area contributed by atoms with Crippen LogP contribution in [-0.4, -0.2) is 14.9 Å². The number of halogens is 1. The van der Waals surface area contributed by atoms with Crippen LogP contribution in [0.25, 0.3) is 21.3 Å². The van der Waals surface area contributed by atoms with Crippen LogP contribution >= 0.6 is 22.9 Å². The lowest BCUT2D eigenvalue weighted by atomic mass is 10.0. The van der Waals surface area contributed by atoms with E-state index in [-0.39, 0.29) is 10.7 Å². The van der Waals surface area contributed by atoms with Crippen molar-refractivity contribution in [1.82, 2.24) is 9.97 Å². The van der Waals surface area contributed by atoms with Crippen molar-refractivity contribution in [3.63, 3.8) is 0 Å². The molecule has 0 aliphatic carbocycles. The third kappa shape index (κ3) is 3.34. The normalized spacial score (nSPS) is 10.9. The van der Waals surface area contributed by atoms with Gasteiger partial charge in [0.15, 0.2) is 0 Å². The van der Waals surface area contributed by atoms with Gasteiger partial charge in [0.25, 0.3) is 5.69 Å². The Morgan fingerprint density at radius 3 is 2.63 bits per heavy atom. The van der Waals surface area contributed by atoms with Gasteiger partial charge >= 0.3 is 0 Å². The first kappa shape index (κ1) is 17.4. The van der Waals surface area contributed by atoms with Gasteiger partial charge < -0.3 is 4.74 Å². The molecule has 0 radical (unpaired) electrons. The number of nitro benzene ring substituents is 1. The maximum Gasteiger partial charge on any atom is 0.271 e. The van der Waals surface area contributed by atoms with Crippen molar-refractivity contribution in [1.29, 1.82) is 0 Å². The van der Waals surface area contributed by atoms with E-state index in [1.54, 1.807) is 0 Å². The third-order valence-electron chi connectivity index (χ3n) is 4.03. The van der Waals surface area contributed by atoms with Crippen LogP contribution in [0.1, 0.15) is 5.56 Å². The smallest absolute Gasteiger partial charge is 0.271 e. The summed E-state index contributed by atoms with van der Waals surface area (Å²) in [6.45, 7) is 2.03. The second kappa shape index (κ2) is 6.94. The Balaban J connectivity index is 1.80.